The standard InChI is InChI=1S/C21H27FN2O4S2/c1-4-28-19-11-9-18(10-12-19)24(30(3,26)27)16(2)21(25)23-13-14-29-15-17-7-5-6-8-20(17)22/h5-12,16H,4,13-15H2,1-3H3,(H,23,25)/t16-/m0/s1. The lowest BCUT2D eigenvalue weighted by atomic mass is 10.2. The lowest BCUT2D eigenvalue weighted by Crippen LogP contribution is -2.48. The minimum absolute atomic E-state index is 0.248. The van der Waals surface area contributed by atoms with E-state index < -0.39 is 22.0 Å². The molecule has 0 radical (unpaired) electrons. The topological polar surface area (TPSA) is 75.7 Å². The number of thioether (sulfide) groups is 1. The van der Waals surface area contributed by atoms with Crippen molar-refractivity contribution >= 4 is 33.4 Å². The fourth-order valence-electron chi connectivity index (χ4n) is 2.86. The number of rotatable bonds is 11. The van der Waals surface area contributed by atoms with Gasteiger partial charge in [-0.2, -0.15) is 11.8 Å². The van der Waals surface area contributed by atoms with Gasteiger partial charge in [0.25, 0.3) is 0 Å². The Hall–Kier alpha value is -2.26. The van der Waals surface area contributed by atoms with Crippen LogP contribution in [0.25, 0.3) is 0 Å². The molecule has 0 heterocycles. The number of halogens is 1. The lowest BCUT2D eigenvalue weighted by molar-refractivity contribution is -0.121. The predicted octanol–water partition coefficient (Wildman–Crippen LogP) is 3.43. The Bertz CT molecular complexity index is 936. The van der Waals surface area contributed by atoms with Gasteiger partial charge in [0, 0.05) is 18.1 Å². The number of anilines is 1. The molecule has 0 saturated heterocycles. The van der Waals surface area contributed by atoms with Crippen LogP contribution in [-0.4, -0.2) is 45.5 Å². The highest BCUT2D eigenvalue weighted by molar-refractivity contribution is 7.98. The smallest absolute Gasteiger partial charge is 0.243 e. The van der Waals surface area contributed by atoms with E-state index in [4.69, 9.17) is 4.74 Å². The minimum Gasteiger partial charge on any atom is -0.494 e. The van der Waals surface area contributed by atoms with E-state index in [1.165, 1.54) is 17.8 Å². The van der Waals surface area contributed by atoms with Crippen LogP contribution in [0.15, 0.2) is 48.5 Å². The highest BCUT2D eigenvalue weighted by Crippen LogP contribution is 2.24. The maximum Gasteiger partial charge on any atom is 0.243 e. The molecular weight excluding hydrogens is 427 g/mol. The molecule has 0 spiro atoms. The van der Waals surface area contributed by atoms with Gasteiger partial charge in [-0.05, 0) is 49.7 Å². The zero-order valence-electron chi connectivity index (χ0n) is 17.3. The van der Waals surface area contributed by atoms with E-state index in [0.29, 0.717) is 41.7 Å². The van der Waals surface area contributed by atoms with Crippen LogP contribution in [0.1, 0.15) is 19.4 Å². The van der Waals surface area contributed by atoms with Gasteiger partial charge in [-0.3, -0.25) is 9.10 Å². The van der Waals surface area contributed by atoms with Crippen molar-refractivity contribution in [2.45, 2.75) is 25.6 Å². The molecule has 0 fully saturated rings. The van der Waals surface area contributed by atoms with E-state index in [2.05, 4.69) is 5.32 Å². The Morgan fingerprint density at radius 1 is 1.20 bits per heavy atom. The summed E-state index contributed by atoms with van der Waals surface area (Å²) in [6, 6.07) is 12.2. The molecule has 0 aliphatic carbocycles. The average Bonchev–Trinajstić information content (AvgIpc) is 2.69. The summed E-state index contributed by atoms with van der Waals surface area (Å²) in [6.07, 6.45) is 1.07. The molecule has 1 N–H and O–H groups in total. The monoisotopic (exact) mass is 454 g/mol. The SMILES string of the molecule is CCOc1ccc(N([C@@H](C)C(=O)NCCSCc2ccccc2F)S(C)(=O)=O)cc1. The van der Waals surface area contributed by atoms with Crippen molar-refractivity contribution in [2.24, 2.45) is 0 Å². The Morgan fingerprint density at radius 3 is 2.47 bits per heavy atom. The molecule has 2 aromatic carbocycles. The van der Waals surface area contributed by atoms with E-state index in [-0.39, 0.29) is 5.82 Å². The molecular formula is C21H27FN2O4S2. The zero-order chi connectivity index (χ0) is 22.1. The second-order valence-electron chi connectivity index (χ2n) is 6.60. The third-order valence-corrected chi connectivity index (χ3v) is 6.50. The quantitative estimate of drug-likeness (QED) is 0.527. The Kier molecular flexibility index (Phi) is 8.98. The fraction of sp³-hybridized carbons (Fsp3) is 0.381. The van der Waals surface area contributed by atoms with E-state index in [9.17, 15) is 17.6 Å². The van der Waals surface area contributed by atoms with Crippen LogP contribution in [0, 0.1) is 5.82 Å². The summed E-state index contributed by atoms with van der Waals surface area (Å²) < 4.78 is 44.7. The summed E-state index contributed by atoms with van der Waals surface area (Å²) in [5, 5.41) is 2.75. The summed E-state index contributed by atoms with van der Waals surface area (Å²) in [5.74, 6) is 1.05. The van der Waals surface area contributed by atoms with E-state index in [1.54, 1.807) is 49.4 Å². The van der Waals surface area contributed by atoms with Crippen LogP contribution in [-0.2, 0) is 20.6 Å². The second-order valence-corrected chi connectivity index (χ2v) is 9.56. The highest BCUT2D eigenvalue weighted by Gasteiger charge is 2.28. The van der Waals surface area contributed by atoms with Gasteiger partial charge in [0.15, 0.2) is 0 Å². The molecule has 0 aliphatic heterocycles. The molecule has 0 aromatic heterocycles. The number of benzene rings is 2. The third-order valence-electron chi connectivity index (χ3n) is 4.25. The lowest BCUT2D eigenvalue weighted by Gasteiger charge is -2.28. The number of ether oxygens (including phenoxy) is 1. The van der Waals surface area contributed by atoms with Crippen molar-refractivity contribution in [3.05, 3.63) is 59.9 Å². The molecule has 0 aliphatic rings. The number of carbonyl (C=O) groups is 1. The zero-order valence-corrected chi connectivity index (χ0v) is 18.9. The average molecular weight is 455 g/mol. The molecule has 9 heteroatoms. The Labute approximate surface area is 181 Å². The van der Waals surface area contributed by atoms with Crippen LogP contribution in [0.2, 0.25) is 0 Å². The number of sulfonamides is 1. The van der Waals surface area contributed by atoms with Crippen molar-refractivity contribution in [1.29, 1.82) is 0 Å². The highest BCUT2D eigenvalue weighted by atomic mass is 32.2. The summed E-state index contributed by atoms with van der Waals surface area (Å²) >= 11 is 1.49. The summed E-state index contributed by atoms with van der Waals surface area (Å²) in [5.41, 5.74) is 0.999. The van der Waals surface area contributed by atoms with Crippen molar-refractivity contribution in [3.8, 4) is 5.75 Å². The van der Waals surface area contributed by atoms with Gasteiger partial charge < -0.3 is 10.1 Å². The molecule has 1 amide bonds. The van der Waals surface area contributed by atoms with Gasteiger partial charge in [-0.1, -0.05) is 18.2 Å². The summed E-state index contributed by atoms with van der Waals surface area (Å²) in [7, 11) is -3.68. The molecule has 2 rings (SSSR count). The minimum atomic E-state index is -3.68. The van der Waals surface area contributed by atoms with E-state index in [0.717, 1.165) is 10.6 Å². The number of hydrogen-bond acceptors (Lipinski definition) is 5. The van der Waals surface area contributed by atoms with Gasteiger partial charge >= 0.3 is 0 Å². The molecule has 6 nitrogen and oxygen atoms in total. The second kappa shape index (κ2) is 11.2. The molecule has 0 bridgehead atoms. The van der Waals surface area contributed by atoms with Gasteiger partial charge in [0.05, 0.1) is 18.6 Å². The van der Waals surface area contributed by atoms with Crippen LogP contribution in [0.5, 0.6) is 5.75 Å². The normalized spacial score (nSPS) is 12.3. The number of hydrogen-bond donors (Lipinski definition) is 1. The maximum absolute atomic E-state index is 13.6. The third kappa shape index (κ3) is 6.91. The fourth-order valence-corrected chi connectivity index (χ4v) is 4.88. The van der Waals surface area contributed by atoms with E-state index in [1.807, 2.05) is 6.92 Å². The van der Waals surface area contributed by atoms with Gasteiger partial charge in [-0.25, -0.2) is 12.8 Å². The van der Waals surface area contributed by atoms with Gasteiger partial charge in [0.1, 0.15) is 17.6 Å². The number of nitrogens with one attached hydrogen (secondary N) is 1. The van der Waals surface area contributed by atoms with Gasteiger partial charge in [0.2, 0.25) is 15.9 Å². The van der Waals surface area contributed by atoms with E-state index >= 15 is 0 Å². The first-order valence-electron chi connectivity index (χ1n) is 9.55. The van der Waals surface area contributed by atoms with Crippen molar-refractivity contribution in [3.63, 3.8) is 0 Å². The maximum atomic E-state index is 13.6. The van der Waals surface area contributed by atoms with Crippen LogP contribution < -0.4 is 14.4 Å². The van der Waals surface area contributed by atoms with Crippen molar-refractivity contribution in [1.82, 2.24) is 5.32 Å². The molecule has 164 valence electrons. The molecule has 0 saturated carbocycles. The molecule has 1 atom stereocenters. The molecule has 2 aromatic rings. The largest absolute Gasteiger partial charge is 0.494 e. The first-order chi connectivity index (χ1) is 14.2. The first kappa shape index (κ1) is 24.0. The van der Waals surface area contributed by atoms with Crippen molar-refractivity contribution in [2.75, 3.05) is 29.5 Å². The number of amides is 1. The van der Waals surface area contributed by atoms with Crippen LogP contribution >= 0.6 is 11.8 Å². The molecule has 30 heavy (non-hydrogen) atoms. The van der Waals surface area contributed by atoms with Crippen LogP contribution in [0.4, 0.5) is 10.1 Å². The summed E-state index contributed by atoms with van der Waals surface area (Å²) in [6.45, 7) is 4.25. The number of nitrogens with zero attached hydrogens (tertiary/aromatic N) is 1. The van der Waals surface area contributed by atoms with Gasteiger partial charge in [-0.15, -0.1) is 0 Å². The Balaban J connectivity index is 1.93. The Morgan fingerprint density at radius 2 is 1.87 bits per heavy atom. The number of carbonyl (C=O) groups excluding carboxylic acids is 1. The summed E-state index contributed by atoms with van der Waals surface area (Å²) in [4.78, 5) is 12.5. The first-order valence-corrected chi connectivity index (χ1v) is 12.6. The predicted molar refractivity (Wildman–Crippen MR) is 120 cm³/mol. The van der Waals surface area contributed by atoms with Crippen molar-refractivity contribution < 1.29 is 22.3 Å². The van der Waals surface area contributed by atoms with Crippen LogP contribution in [0.3, 0.4) is 0 Å². The molecule has 0 unspecified atom stereocenters.